The molecule has 2 rings (SSSR count). The second kappa shape index (κ2) is 10.9. The first-order valence-electron chi connectivity index (χ1n) is 9.13. The number of amides is 1. The van der Waals surface area contributed by atoms with E-state index in [1.54, 1.807) is 38.2 Å². The summed E-state index contributed by atoms with van der Waals surface area (Å²) < 4.78 is 18.6. The van der Waals surface area contributed by atoms with Crippen molar-refractivity contribution in [1.82, 2.24) is 15.5 Å². The summed E-state index contributed by atoms with van der Waals surface area (Å²) in [5.41, 5.74) is 1.75. The molecule has 0 heterocycles. The topological polar surface area (TPSA) is 66.0 Å². The van der Waals surface area contributed by atoms with Gasteiger partial charge in [-0.2, -0.15) is 0 Å². The molecule has 1 amide bonds. The minimum absolute atomic E-state index is 0.00872. The Balaban J connectivity index is 1.72. The molecule has 0 saturated carbocycles. The highest BCUT2D eigenvalue weighted by Crippen LogP contribution is 2.11. The van der Waals surface area contributed by atoms with Gasteiger partial charge in [-0.25, -0.2) is 4.39 Å². The highest BCUT2D eigenvalue weighted by molar-refractivity contribution is 5.94. The molecule has 0 fully saturated rings. The first-order valence-corrected chi connectivity index (χ1v) is 9.13. The zero-order valence-corrected chi connectivity index (χ0v) is 16.5. The van der Waals surface area contributed by atoms with Gasteiger partial charge in [0.2, 0.25) is 0 Å². The van der Waals surface area contributed by atoms with Crippen LogP contribution in [0.4, 0.5) is 4.39 Å². The average molecular weight is 386 g/mol. The van der Waals surface area contributed by atoms with Crippen LogP contribution in [0.5, 0.6) is 5.75 Å². The molecule has 0 aliphatic carbocycles. The number of rotatable bonds is 8. The molecule has 2 aromatic rings. The van der Waals surface area contributed by atoms with Crippen LogP contribution >= 0.6 is 0 Å². The van der Waals surface area contributed by atoms with Crippen LogP contribution in [0.15, 0.2) is 53.5 Å². The molecule has 0 atom stereocenters. The molecule has 28 heavy (non-hydrogen) atoms. The lowest BCUT2D eigenvalue weighted by Gasteiger charge is -2.13. The summed E-state index contributed by atoms with van der Waals surface area (Å²) in [4.78, 5) is 17.8. The number of carbonyl (C=O) groups is 1. The molecule has 0 aliphatic rings. The van der Waals surface area contributed by atoms with Crippen LogP contribution in [0.25, 0.3) is 0 Å². The SMILES string of the molecule is CN=C(NCCOc1cccc(F)c1)NCCc1cccc(C(=O)N(C)C)c1. The monoisotopic (exact) mass is 386 g/mol. The van der Waals surface area contributed by atoms with Crippen LogP contribution in [0.1, 0.15) is 15.9 Å². The fourth-order valence-electron chi connectivity index (χ4n) is 2.56. The van der Waals surface area contributed by atoms with Crippen molar-refractivity contribution in [1.29, 1.82) is 0 Å². The maximum Gasteiger partial charge on any atom is 0.253 e. The Bertz CT molecular complexity index is 808. The third kappa shape index (κ3) is 6.90. The third-order valence-electron chi connectivity index (χ3n) is 3.97. The van der Waals surface area contributed by atoms with E-state index in [9.17, 15) is 9.18 Å². The van der Waals surface area contributed by atoms with Gasteiger partial charge in [0, 0.05) is 39.3 Å². The number of halogens is 1. The van der Waals surface area contributed by atoms with Gasteiger partial charge in [-0.1, -0.05) is 18.2 Å². The lowest BCUT2D eigenvalue weighted by Crippen LogP contribution is -2.40. The summed E-state index contributed by atoms with van der Waals surface area (Å²) in [5, 5.41) is 6.37. The van der Waals surface area contributed by atoms with Gasteiger partial charge in [0.1, 0.15) is 18.2 Å². The van der Waals surface area contributed by atoms with Gasteiger partial charge < -0.3 is 20.3 Å². The molecule has 0 aliphatic heterocycles. The van der Waals surface area contributed by atoms with E-state index >= 15 is 0 Å². The number of ether oxygens (including phenoxy) is 1. The van der Waals surface area contributed by atoms with E-state index in [2.05, 4.69) is 15.6 Å². The van der Waals surface area contributed by atoms with E-state index in [1.165, 1.54) is 12.1 Å². The Labute approximate surface area is 165 Å². The van der Waals surface area contributed by atoms with Crippen LogP contribution in [-0.2, 0) is 6.42 Å². The Kier molecular flexibility index (Phi) is 8.27. The molecule has 0 radical (unpaired) electrons. The number of carbonyl (C=O) groups excluding carboxylic acids is 1. The van der Waals surface area contributed by atoms with E-state index in [1.807, 2.05) is 24.3 Å². The van der Waals surface area contributed by atoms with E-state index in [4.69, 9.17) is 4.74 Å². The number of hydrogen-bond donors (Lipinski definition) is 2. The number of nitrogens with one attached hydrogen (secondary N) is 2. The molecular weight excluding hydrogens is 359 g/mol. The highest BCUT2D eigenvalue weighted by Gasteiger charge is 2.08. The molecular formula is C21H27FN4O2. The fourth-order valence-corrected chi connectivity index (χ4v) is 2.56. The maximum absolute atomic E-state index is 13.1. The molecule has 2 N–H and O–H groups in total. The van der Waals surface area contributed by atoms with Crippen molar-refractivity contribution >= 4 is 11.9 Å². The Morgan fingerprint density at radius 1 is 1.11 bits per heavy atom. The summed E-state index contributed by atoms with van der Waals surface area (Å²) in [7, 11) is 5.17. The lowest BCUT2D eigenvalue weighted by molar-refractivity contribution is 0.0827. The lowest BCUT2D eigenvalue weighted by atomic mass is 10.1. The summed E-state index contributed by atoms with van der Waals surface area (Å²) in [6, 6.07) is 13.7. The zero-order chi connectivity index (χ0) is 20.4. The highest BCUT2D eigenvalue weighted by atomic mass is 19.1. The van der Waals surface area contributed by atoms with E-state index in [0.29, 0.717) is 37.0 Å². The predicted molar refractivity (Wildman–Crippen MR) is 109 cm³/mol. The zero-order valence-electron chi connectivity index (χ0n) is 16.5. The van der Waals surface area contributed by atoms with E-state index in [0.717, 1.165) is 12.0 Å². The van der Waals surface area contributed by atoms with Crippen LogP contribution in [0.3, 0.4) is 0 Å². The van der Waals surface area contributed by atoms with Gasteiger partial charge in [-0.05, 0) is 36.2 Å². The molecule has 0 spiro atoms. The minimum Gasteiger partial charge on any atom is -0.492 e. The second-order valence-electron chi connectivity index (χ2n) is 6.38. The van der Waals surface area contributed by atoms with Gasteiger partial charge >= 0.3 is 0 Å². The fraction of sp³-hybridized carbons (Fsp3) is 0.333. The van der Waals surface area contributed by atoms with Crippen molar-refractivity contribution in [2.45, 2.75) is 6.42 Å². The van der Waals surface area contributed by atoms with Crippen LogP contribution in [-0.4, -0.2) is 57.6 Å². The standard InChI is InChI=1S/C21H27FN4O2/c1-23-21(25-12-13-28-19-9-5-8-18(22)15-19)24-11-10-16-6-4-7-17(14-16)20(27)26(2)3/h4-9,14-15H,10-13H2,1-3H3,(H2,23,24,25). The number of benzene rings is 2. The molecule has 6 nitrogen and oxygen atoms in total. The van der Waals surface area contributed by atoms with Gasteiger partial charge in [-0.3, -0.25) is 9.79 Å². The van der Waals surface area contributed by atoms with E-state index in [-0.39, 0.29) is 11.7 Å². The average Bonchev–Trinajstić information content (AvgIpc) is 2.69. The Morgan fingerprint density at radius 2 is 1.86 bits per heavy atom. The van der Waals surface area contributed by atoms with Crippen molar-refractivity contribution in [3.63, 3.8) is 0 Å². The van der Waals surface area contributed by atoms with Crippen molar-refractivity contribution in [2.75, 3.05) is 40.8 Å². The van der Waals surface area contributed by atoms with Crippen LogP contribution in [0.2, 0.25) is 0 Å². The quantitative estimate of drug-likeness (QED) is 0.415. The summed E-state index contributed by atoms with van der Waals surface area (Å²) in [5.74, 6) is 0.824. The van der Waals surface area contributed by atoms with Crippen molar-refractivity contribution in [2.24, 2.45) is 4.99 Å². The number of nitrogens with zero attached hydrogens (tertiary/aromatic N) is 2. The minimum atomic E-state index is -0.320. The molecule has 0 aromatic heterocycles. The Hall–Kier alpha value is -3.09. The van der Waals surface area contributed by atoms with E-state index < -0.39 is 0 Å². The summed E-state index contributed by atoms with van der Waals surface area (Å²) in [6.45, 7) is 1.59. The van der Waals surface area contributed by atoms with Crippen LogP contribution in [0, 0.1) is 5.82 Å². The van der Waals surface area contributed by atoms with Crippen molar-refractivity contribution in [3.8, 4) is 5.75 Å². The second-order valence-corrected chi connectivity index (χ2v) is 6.38. The smallest absolute Gasteiger partial charge is 0.253 e. The number of aliphatic imine (C=N–C) groups is 1. The van der Waals surface area contributed by atoms with Gasteiger partial charge in [-0.15, -0.1) is 0 Å². The first-order chi connectivity index (χ1) is 13.5. The molecule has 0 unspecified atom stereocenters. The number of guanidine groups is 1. The van der Waals surface area contributed by atoms with Gasteiger partial charge in [0.05, 0.1) is 6.54 Å². The first kappa shape index (κ1) is 21.2. The van der Waals surface area contributed by atoms with Gasteiger partial charge in [0.25, 0.3) is 5.91 Å². The van der Waals surface area contributed by atoms with Crippen LogP contribution < -0.4 is 15.4 Å². The molecule has 150 valence electrons. The summed E-state index contributed by atoms with van der Waals surface area (Å²) >= 11 is 0. The van der Waals surface area contributed by atoms with Crippen molar-refractivity contribution < 1.29 is 13.9 Å². The largest absolute Gasteiger partial charge is 0.492 e. The summed E-state index contributed by atoms with van der Waals surface area (Å²) in [6.07, 6.45) is 0.759. The normalized spacial score (nSPS) is 11.1. The molecule has 0 saturated heterocycles. The molecule has 0 bridgehead atoms. The number of hydrogen-bond acceptors (Lipinski definition) is 3. The predicted octanol–water partition coefficient (Wildman–Crippen LogP) is 2.31. The van der Waals surface area contributed by atoms with Crippen molar-refractivity contribution in [3.05, 3.63) is 65.5 Å². The third-order valence-corrected chi connectivity index (χ3v) is 3.97. The molecule has 7 heteroatoms. The molecule has 2 aromatic carbocycles. The maximum atomic E-state index is 13.1. The Morgan fingerprint density at radius 3 is 2.57 bits per heavy atom. The van der Waals surface area contributed by atoms with Gasteiger partial charge in [0.15, 0.2) is 5.96 Å².